The molecule has 1 fully saturated rings. The van der Waals surface area contributed by atoms with E-state index >= 15 is 0 Å². The Morgan fingerprint density at radius 1 is 0.886 bits per heavy atom. The minimum atomic E-state index is -4.42. The molecule has 7 heteroatoms. The first-order chi connectivity index (χ1) is 16.9. The summed E-state index contributed by atoms with van der Waals surface area (Å²) in [5.41, 5.74) is 3.65. The molecule has 4 nitrogen and oxygen atoms in total. The Morgan fingerprint density at radius 3 is 2.26 bits per heavy atom. The zero-order valence-corrected chi connectivity index (χ0v) is 19.3. The fourth-order valence-electron chi connectivity index (χ4n) is 4.93. The molecule has 0 aromatic heterocycles. The van der Waals surface area contributed by atoms with E-state index in [1.807, 2.05) is 18.2 Å². The van der Waals surface area contributed by atoms with Crippen molar-refractivity contribution >= 4 is 17.4 Å². The van der Waals surface area contributed by atoms with E-state index < -0.39 is 17.8 Å². The van der Waals surface area contributed by atoms with E-state index in [2.05, 4.69) is 29.6 Å². The van der Waals surface area contributed by atoms with E-state index in [1.165, 1.54) is 49.8 Å². The number of halogens is 3. The average molecular weight is 481 g/mol. The van der Waals surface area contributed by atoms with Gasteiger partial charge in [-0.15, -0.1) is 0 Å². The summed E-state index contributed by atoms with van der Waals surface area (Å²) in [6, 6.07) is 18.5. The second-order valence-electron chi connectivity index (χ2n) is 9.14. The zero-order chi connectivity index (χ0) is 24.4. The lowest BCUT2D eigenvalue weighted by molar-refractivity contribution is -0.137. The van der Waals surface area contributed by atoms with Gasteiger partial charge in [-0.05, 0) is 71.8 Å². The standard InChI is InChI=1S/C28H27F3N2O2/c29-28(30,31)23-11-13-24(14-12-23)32-27(34)33-16-17-35-26-18-22(10-15-25(26)33)21-8-6-20(7-9-21)19-4-2-1-3-5-19/h6-15,18-19H,1-5,16-17H2,(H,32,34). The minimum Gasteiger partial charge on any atom is -0.490 e. The van der Waals surface area contributed by atoms with Crippen molar-refractivity contribution in [3.8, 4) is 16.9 Å². The fraction of sp³-hybridized carbons (Fsp3) is 0.321. The minimum absolute atomic E-state index is 0.297. The van der Waals surface area contributed by atoms with E-state index in [9.17, 15) is 18.0 Å². The average Bonchev–Trinajstić information content (AvgIpc) is 2.88. The molecule has 1 saturated carbocycles. The van der Waals surface area contributed by atoms with Crippen LogP contribution >= 0.6 is 0 Å². The van der Waals surface area contributed by atoms with Crippen LogP contribution in [0.15, 0.2) is 66.7 Å². The number of ether oxygens (including phenoxy) is 1. The molecule has 0 unspecified atom stereocenters. The van der Waals surface area contributed by atoms with Crippen molar-refractivity contribution in [3.05, 3.63) is 77.9 Å². The molecule has 5 rings (SSSR count). The van der Waals surface area contributed by atoms with Crippen LogP contribution in [0.1, 0.15) is 49.1 Å². The Balaban J connectivity index is 1.30. The number of urea groups is 1. The predicted molar refractivity (Wildman–Crippen MR) is 131 cm³/mol. The second-order valence-corrected chi connectivity index (χ2v) is 9.14. The molecule has 1 heterocycles. The van der Waals surface area contributed by atoms with Crippen molar-refractivity contribution in [2.24, 2.45) is 0 Å². The highest BCUT2D eigenvalue weighted by molar-refractivity contribution is 6.03. The highest BCUT2D eigenvalue weighted by atomic mass is 19.4. The van der Waals surface area contributed by atoms with Crippen LogP contribution in [0.5, 0.6) is 5.75 Å². The van der Waals surface area contributed by atoms with Crippen molar-refractivity contribution < 1.29 is 22.7 Å². The Kier molecular flexibility index (Phi) is 6.41. The number of nitrogens with zero attached hydrogens (tertiary/aromatic N) is 1. The molecule has 1 N–H and O–H groups in total. The van der Waals surface area contributed by atoms with E-state index in [0.717, 1.165) is 23.3 Å². The van der Waals surface area contributed by atoms with Crippen LogP contribution in [0, 0.1) is 0 Å². The van der Waals surface area contributed by atoms with Gasteiger partial charge in [0.15, 0.2) is 0 Å². The van der Waals surface area contributed by atoms with Crippen molar-refractivity contribution in [1.82, 2.24) is 0 Å². The number of amides is 2. The molecule has 35 heavy (non-hydrogen) atoms. The van der Waals surface area contributed by atoms with Gasteiger partial charge in [-0.3, -0.25) is 4.90 Å². The number of benzene rings is 3. The summed E-state index contributed by atoms with van der Waals surface area (Å²) in [6.45, 7) is 0.673. The first-order valence-corrected chi connectivity index (χ1v) is 12.0. The van der Waals surface area contributed by atoms with Gasteiger partial charge in [-0.25, -0.2) is 4.79 Å². The molecule has 182 valence electrons. The third-order valence-electron chi connectivity index (χ3n) is 6.85. The Bertz CT molecular complexity index is 1180. The second kappa shape index (κ2) is 9.64. The quantitative estimate of drug-likeness (QED) is 0.415. The maximum absolute atomic E-state index is 12.9. The Labute approximate surface area is 202 Å². The molecule has 1 aliphatic carbocycles. The topological polar surface area (TPSA) is 41.6 Å². The molecular weight excluding hydrogens is 453 g/mol. The molecule has 0 saturated heterocycles. The number of fused-ring (bicyclic) bond motifs is 1. The number of nitrogens with one attached hydrogen (secondary N) is 1. The van der Waals surface area contributed by atoms with Crippen LogP contribution in [0.3, 0.4) is 0 Å². The Morgan fingerprint density at radius 2 is 1.57 bits per heavy atom. The summed E-state index contributed by atoms with van der Waals surface area (Å²) in [4.78, 5) is 14.4. The van der Waals surface area contributed by atoms with Crippen LogP contribution < -0.4 is 15.0 Å². The SMILES string of the molecule is O=C(Nc1ccc(C(F)(F)F)cc1)N1CCOc2cc(-c3ccc(C4CCCCC4)cc3)ccc21. The molecule has 2 aliphatic rings. The molecule has 1 aliphatic heterocycles. The molecule has 0 spiro atoms. The largest absolute Gasteiger partial charge is 0.490 e. The van der Waals surface area contributed by atoms with E-state index in [0.29, 0.717) is 36.2 Å². The van der Waals surface area contributed by atoms with Gasteiger partial charge in [0.25, 0.3) is 0 Å². The molecule has 3 aromatic rings. The zero-order valence-electron chi connectivity index (χ0n) is 19.3. The predicted octanol–water partition coefficient (Wildman–Crippen LogP) is 7.85. The van der Waals surface area contributed by atoms with Crippen LogP contribution in [0.25, 0.3) is 11.1 Å². The van der Waals surface area contributed by atoms with E-state index in [1.54, 1.807) is 4.90 Å². The van der Waals surface area contributed by atoms with Gasteiger partial charge in [0.1, 0.15) is 12.4 Å². The van der Waals surface area contributed by atoms with Crippen LogP contribution in [-0.2, 0) is 6.18 Å². The van der Waals surface area contributed by atoms with Gasteiger partial charge in [-0.1, -0.05) is 49.6 Å². The van der Waals surface area contributed by atoms with Crippen molar-refractivity contribution in [2.45, 2.75) is 44.2 Å². The first kappa shape index (κ1) is 23.3. The Hall–Kier alpha value is -3.48. The number of hydrogen-bond donors (Lipinski definition) is 1. The molecule has 3 aromatic carbocycles. The molecule has 2 amide bonds. The van der Waals surface area contributed by atoms with Crippen molar-refractivity contribution in [2.75, 3.05) is 23.4 Å². The molecule has 0 radical (unpaired) electrons. The third kappa shape index (κ3) is 5.14. The number of carbonyl (C=O) groups is 1. The lowest BCUT2D eigenvalue weighted by atomic mass is 9.84. The highest BCUT2D eigenvalue weighted by Gasteiger charge is 2.30. The maximum atomic E-state index is 12.9. The van der Waals surface area contributed by atoms with Gasteiger partial charge in [0.2, 0.25) is 0 Å². The maximum Gasteiger partial charge on any atom is 0.416 e. The van der Waals surface area contributed by atoms with Crippen molar-refractivity contribution in [1.29, 1.82) is 0 Å². The highest BCUT2D eigenvalue weighted by Crippen LogP contribution is 2.38. The number of carbonyl (C=O) groups excluding carboxylic acids is 1. The summed E-state index contributed by atoms with van der Waals surface area (Å²) < 4.78 is 44.2. The van der Waals surface area contributed by atoms with Gasteiger partial charge in [-0.2, -0.15) is 13.2 Å². The monoisotopic (exact) mass is 480 g/mol. The van der Waals surface area contributed by atoms with Gasteiger partial charge in [0, 0.05) is 5.69 Å². The van der Waals surface area contributed by atoms with Crippen molar-refractivity contribution in [3.63, 3.8) is 0 Å². The summed E-state index contributed by atoms with van der Waals surface area (Å²) in [7, 11) is 0. The van der Waals surface area contributed by atoms with E-state index in [-0.39, 0.29) is 0 Å². The van der Waals surface area contributed by atoms with Gasteiger partial charge < -0.3 is 10.1 Å². The smallest absolute Gasteiger partial charge is 0.416 e. The summed E-state index contributed by atoms with van der Waals surface area (Å²) in [5.74, 6) is 1.26. The van der Waals surface area contributed by atoms with Gasteiger partial charge in [0.05, 0.1) is 17.8 Å². The molecular formula is C28H27F3N2O2. The number of hydrogen-bond acceptors (Lipinski definition) is 2. The number of alkyl halides is 3. The number of anilines is 2. The first-order valence-electron chi connectivity index (χ1n) is 12.0. The van der Waals surface area contributed by atoms with Crippen LogP contribution in [0.2, 0.25) is 0 Å². The molecule has 0 bridgehead atoms. The van der Waals surface area contributed by atoms with E-state index in [4.69, 9.17) is 4.74 Å². The van der Waals surface area contributed by atoms with Crippen LogP contribution in [-0.4, -0.2) is 19.2 Å². The number of rotatable bonds is 3. The third-order valence-corrected chi connectivity index (χ3v) is 6.85. The lowest BCUT2D eigenvalue weighted by Gasteiger charge is -2.30. The summed E-state index contributed by atoms with van der Waals surface area (Å²) in [6.07, 6.45) is 2.05. The summed E-state index contributed by atoms with van der Waals surface area (Å²) in [5, 5.41) is 2.68. The normalized spacial score (nSPS) is 16.4. The van der Waals surface area contributed by atoms with Crippen LogP contribution in [0.4, 0.5) is 29.3 Å². The molecule has 0 atom stereocenters. The summed E-state index contributed by atoms with van der Waals surface area (Å²) >= 11 is 0. The lowest BCUT2D eigenvalue weighted by Crippen LogP contribution is -2.40. The van der Waals surface area contributed by atoms with Gasteiger partial charge >= 0.3 is 12.2 Å². The fourth-order valence-corrected chi connectivity index (χ4v) is 4.93.